The average molecular weight is 443 g/mol. The molecule has 0 aliphatic carbocycles. The van der Waals surface area contributed by atoms with Gasteiger partial charge in [-0.25, -0.2) is 9.18 Å². The van der Waals surface area contributed by atoms with Gasteiger partial charge >= 0.3 is 12.2 Å². The minimum Gasteiger partial charge on any atom is -0.366 e. The Bertz CT molecular complexity index is 840. The Labute approximate surface area is 177 Å². The number of benzene rings is 1. The number of nitrogens with one attached hydrogen (secondary N) is 1. The fourth-order valence-corrected chi connectivity index (χ4v) is 4.72. The predicted octanol–water partition coefficient (Wildman–Crippen LogP) is 2.81. The van der Waals surface area contributed by atoms with E-state index in [1.54, 1.807) is 9.80 Å². The number of likely N-dealkylation sites (tertiary alicyclic amines) is 2. The molecule has 3 fully saturated rings. The van der Waals surface area contributed by atoms with E-state index in [2.05, 4.69) is 5.32 Å². The van der Waals surface area contributed by atoms with Gasteiger partial charge in [-0.15, -0.1) is 0 Å². The lowest BCUT2D eigenvalue weighted by Crippen LogP contribution is -2.62. The van der Waals surface area contributed by atoms with Crippen LogP contribution in [0, 0.1) is 11.7 Å². The Hall–Kier alpha value is -2.36. The van der Waals surface area contributed by atoms with Crippen LogP contribution in [0.4, 0.5) is 22.4 Å². The molecule has 0 bridgehead atoms. The normalized spacial score (nSPS) is 25.2. The summed E-state index contributed by atoms with van der Waals surface area (Å²) in [6.07, 6.45) is -3.02. The van der Waals surface area contributed by atoms with E-state index >= 15 is 0 Å². The SMILES string of the molecule is O=C1CO[C@H]2CCN(C(=O)N3CCC(Cc4c(F)cccc4C(F)(F)F)CC3)C[C@H]2N1. The Morgan fingerprint density at radius 2 is 1.84 bits per heavy atom. The van der Waals surface area contributed by atoms with Crippen LogP contribution in [0.2, 0.25) is 0 Å². The maximum Gasteiger partial charge on any atom is 0.416 e. The van der Waals surface area contributed by atoms with Gasteiger partial charge in [0.2, 0.25) is 5.91 Å². The van der Waals surface area contributed by atoms with Crippen molar-refractivity contribution in [2.45, 2.75) is 44.0 Å². The zero-order valence-corrected chi connectivity index (χ0v) is 17.0. The third-order valence-corrected chi connectivity index (χ3v) is 6.40. The van der Waals surface area contributed by atoms with Gasteiger partial charge in [-0.3, -0.25) is 4.79 Å². The average Bonchev–Trinajstić information content (AvgIpc) is 2.74. The number of fused-ring (bicyclic) bond motifs is 1. The van der Waals surface area contributed by atoms with Crippen molar-refractivity contribution in [3.05, 3.63) is 35.1 Å². The molecule has 6 nitrogen and oxygen atoms in total. The molecule has 170 valence electrons. The number of amides is 3. The van der Waals surface area contributed by atoms with E-state index in [4.69, 9.17) is 4.74 Å². The number of rotatable bonds is 2. The van der Waals surface area contributed by atoms with Gasteiger partial charge in [0.15, 0.2) is 0 Å². The zero-order chi connectivity index (χ0) is 22.2. The van der Waals surface area contributed by atoms with Crippen LogP contribution in [-0.2, 0) is 22.1 Å². The van der Waals surface area contributed by atoms with E-state index in [1.807, 2.05) is 0 Å². The van der Waals surface area contributed by atoms with Crippen molar-refractivity contribution in [3.63, 3.8) is 0 Å². The van der Waals surface area contributed by atoms with Gasteiger partial charge < -0.3 is 19.9 Å². The van der Waals surface area contributed by atoms with Crippen molar-refractivity contribution in [1.29, 1.82) is 0 Å². The summed E-state index contributed by atoms with van der Waals surface area (Å²) in [7, 11) is 0. The maximum atomic E-state index is 14.1. The van der Waals surface area contributed by atoms with Crippen molar-refractivity contribution in [2.75, 3.05) is 32.8 Å². The molecule has 3 heterocycles. The molecular weight excluding hydrogens is 418 g/mol. The van der Waals surface area contributed by atoms with Gasteiger partial charge in [0.1, 0.15) is 12.4 Å². The van der Waals surface area contributed by atoms with E-state index < -0.39 is 17.6 Å². The molecule has 0 spiro atoms. The molecule has 10 heteroatoms. The molecule has 0 saturated carbocycles. The fourth-order valence-electron chi connectivity index (χ4n) is 4.72. The van der Waals surface area contributed by atoms with Crippen molar-refractivity contribution in [2.24, 2.45) is 5.92 Å². The summed E-state index contributed by atoms with van der Waals surface area (Å²) in [4.78, 5) is 27.8. The first kappa shape index (κ1) is 21.9. The number of ether oxygens (including phenoxy) is 1. The number of morpholine rings is 1. The quantitative estimate of drug-likeness (QED) is 0.716. The molecule has 1 N–H and O–H groups in total. The monoisotopic (exact) mass is 443 g/mol. The second-order valence-corrected chi connectivity index (χ2v) is 8.44. The molecule has 0 radical (unpaired) electrons. The molecule has 3 amide bonds. The van der Waals surface area contributed by atoms with Crippen molar-refractivity contribution >= 4 is 11.9 Å². The first-order chi connectivity index (χ1) is 14.7. The Morgan fingerprint density at radius 1 is 1.13 bits per heavy atom. The largest absolute Gasteiger partial charge is 0.416 e. The van der Waals surface area contributed by atoms with Gasteiger partial charge in [-0.2, -0.15) is 13.2 Å². The molecule has 1 aromatic rings. The molecule has 0 unspecified atom stereocenters. The Morgan fingerprint density at radius 3 is 2.55 bits per heavy atom. The number of hydrogen-bond acceptors (Lipinski definition) is 3. The maximum absolute atomic E-state index is 14.1. The molecule has 2 atom stereocenters. The van der Waals surface area contributed by atoms with E-state index in [-0.39, 0.29) is 48.6 Å². The van der Waals surface area contributed by atoms with Crippen LogP contribution in [0.25, 0.3) is 0 Å². The molecule has 3 aliphatic heterocycles. The van der Waals surface area contributed by atoms with Gasteiger partial charge in [0.05, 0.1) is 17.7 Å². The summed E-state index contributed by atoms with van der Waals surface area (Å²) in [5.74, 6) is -1.16. The van der Waals surface area contributed by atoms with Crippen molar-refractivity contribution < 1.29 is 31.9 Å². The van der Waals surface area contributed by atoms with E-state index in [9.17, 15) is 27.2 Å². The first-order valence-electron chi connectivity index (χ1n) is 10.5. The number of urea groups is 1. The molecule has 3 saturated heterocycles. The third-order valence-electron chi connectivity index (χ3n) is 6.40. The van der Waals surface area contributed by atoms with Crippen LogP contribution in [-0.4, -0.2) is 66.7 Å². The van der Waals surface area contributed by atoms with Crippen LogP contribution in [0.5, 0.6) is 0 Å². The third kappa shape index (κ3) is 4.78. The van der Waals surface area contributed by atoms with Gasteiger partial charge in [0.25, 0.3) is 0 Å². The molecule has 1 aromatic carbocycles. The highest BCUT2D eigenvalue weighted by Gasteiger charge is 2.39. The summed E-state index contributed by atoms with van der Waals surface area (Å²) in [6, 6.07) is 2.68. The summed E-state index contributed by atoms with van der Waals surface area (Å²) < 4.78 is 59.4. The van der Waals surface area contributed by atoms with Crippen LogP contribution in [0.1, 0.15) is 30.4 Å². The van der Waals surface area contributed by atoms with Crippen LogP contribution in [0.15, 0.2) is 18.2 Å². The number of piperidine rings is 2. The minimum atomic E-state index is -4.60. The van der Waals surface area contributed by atoms with Crippen LogP contribution < -0.4 is 5.32 Å². The number of hydrogen-bond donors (Lipinski definition) is 1. The van der Waals surface area contributed by atoms with Gasteiger partial charge in [0, 0.05) is 31.7 Å². The van der Waals surface area contributed by atoms with E-state index in [1.165, 1.54) is 0 Å². The summed E-state index contributed by atoms with van der Waals surface area (Å²) in [5, 5.41) is 2.86. The highest BCUT2D eigenvalue weighted by Crippen LogP contribution is 2.35. The number of alkyl halides is 3. The van der Waals surface area contributed by atoms with Crippen molar-refractivity contribution in [3.8, 4) is 0 Å². The lowest BCUT2D eigenvalue weighted by atomic mass is 9.88. The molecule has 31 heavy (non-hydrogen) atoms. The highest BCUT2D eigenvalue weighted by molar-refractivity contribution is 5.79. The van der Waals surface area contributed by atoms with E-state index in [0.717, 1.165) is 18.2 Å². The second-order valence-electron chi connectivity index (χ2n) is 8.44. The van der Waals surface area contributed by atoms with E-state index in [0.29, 0.717) is 45.4 Å². The molecule has 0 aromatic heterocycles. The lowest BCUT2D eigenvalue weighted by Gasteiger charge is -2.43. The molecule has 4 rings (SSSR count). The topological polar surface area (TPSA) is 61.9 Å². The molecular formula is C21H25F4N3O3. The first-order valence-corrected chi connectivity index (χ1v) is 10.5. The standard InChI is InChI=1S/C21H25F4N3O3/c22-16-3-1-2-15(21(23,24)25)14(16)10-13-4-7-27(8-5-13)20(30)28-9-6-18-17(11-28)26-19(29)12-31-18/h1-3,13,17-18H,4-12H2,(H,26,29)/t17-,18+/m1/s1. The van der Waals surface area contributed by atoms with Crippen molar-refractivity contribution in [1.82, 2.24) is 15.1 Å². The highest BCUT2D eigenvalue weighted by atomic mass is 19.4. The summed E-state index contributed by atoms with van der Waals surface area (Å²) >= 11 is 0. The van der Waals surface area contributed by atoms with Crippen LogP contribution >= 0.6 is 0 Å². The number of halogens is 4. The number of nitrogens with zero attached hydrogens (tertiary/aromatic N) is 2. The summed E-state index contributed by atoms with van der Waals surface area (Å²) in [6.45, 7) is 1.76. The van der Waals surface area contributed by atoms with Crippen LogP contribution in [0.3, 0.4) is 0 Å². The number of carbonyl (C=O) groups excluding carboxylic acids is 2. The fraction of sp³-hybridized carbons (Fsp3) is 0.619. The lowest BCUT2D eigenvalue weighted by molar-refractivity contribution is -0.140. The Kier molecular flexibility index (Phi) is 6.09. The Balaban J connectivity index is 1.33. The number of carbonyl (C=O) groups is 2. The molecule has 3 aliphatic rings. The van der Waals surface area contributed by atoms with Gasteiger partial charge in [-0.1, -0.05) is 6.07 Å². The predicted molar refractivity (Wildman–Crippen MR) is 103 cm³/mol. The van der Waals surface area contributed by atoms with Gasteiger partial charge in [-0.05, 0) is 43.7 Å². The second kappa shape index (κ2) is 8.64. The smallest absolute Gasteiger partial charge is 0.366 e. The minimum absolute atomic E-state index is 0.000383. The zero-order valence-electron chi connectivity index (χ0n) is 17.0. The summed E-state index contributed by atoms with van der Waals surface area (Å²) in [5.41, 5.74) is -1.22.